The Kier molecular flexibility index (Phi) is 3.78. The van der Waals surface area contributed by atoms with Gasteiger partial charge < -0.3 is 9.52 Å². The maximum absolute atomic E-state index is 10.4. The maximum atomic E-state index is 10.4. The van der Waals surface area contributed by atoms with Crippen LogP contribution in [-0.4, -0.2) is 5.11 Å². The van der Waals surface area contributed by atoms with Crippen molar-refractivity contribution in [3.63, 3.8) is 0 Å². The zero-order valence-electron chi connectivity index (χ0n) is 10.1. The Labute approximate surface area is 134 Å². The van der Waals surface area contributed by atoms with Gasteiger partial charge in [-0.3, -0.25) is 0 Å². The van der Waals surface area contributed by atoms with Crippen LogP contribution in [-0.2, 0) is 0 Å². The standard InChI is InChI=1S/C15H9BrCl2O2/c16-10-5-1-3-8-7-12(20-15(8)10)14(19)9-4-2-6-11(17)13(9)18/h1-7,14,19H. The number of halogens is 3. The molecule has 0 saturated heterocycles. The van der Waals surface area contributed by atoms with Gasteiger partial charge in [0.15, 0.2) is 0 Å². The summed E-state index contributed by atoms with van der Waals surface area (Å²) in [4.78, 5) is 0. The minimum Gasteiger partial charge on any atom is -0.457 e. The van der Waals surface area contributed by atoms with Crippen LogP contribution in [0.15, 0.2) is 51.4 Å². The first-order chi connectivity index (χ1) is 9.58. The van der Waals surface area contributed by atoms with Gasteiger partial charge >= 0.3 is 0 Å². The number of hydrogen-bond donors (Lipinski definition) is 1. The summed E-state index contributed by atoms with van der Waals surface area (Å²) in [6, 6.07) is 12.6. The number of aliphatic hydroxyl groups is 1. The van der Waals surface area contributed by atoms with Gasteiger partial charge in [0.1, 0.15) is 17.4 Å². The molecule has 0 spiro atoms. The van der Waals surface area contributed by atoms with Crippen LogP contribution in [0.25, 0.3) is 11.0 Å². The summed E-state index contributed by atoms with van der Waals surface area (Å²) < 4.78 is 6.55. The Balaban J connectivity index is 2.10. The lowest BCUT2D eigenvalue weighted by atomic mass is 10.1. The first-order valence-corrected chi connectivity index (χ1v) is 7.43. The Morgan fingerprint density at radius 3 is 2.60 bits per heavy atom. The van der Waals surface area contributed by atoms with Crippen molar-refractivity contribution in [1.29, 1.82) is 0 Å². The highest BCUT2D eigenvalue weighted by Gasteiger charge is 2.20. The maximum Gasteiger partial charge on any atom is 0.148 e. The van der Waals surface area contributed by atoms with Crippen molar-refractivity contribution in [2.75, 3.05) is 0 Å². The molecule has 1 N–H and O–H groups in total. The fraction of sp³-hybridized carbons (Fsp3) is 0.0667. The Morgan fingerprint density at radius 2 is 1.85 bits per heavy atom. The molecule has 1 aromatic heterocycles. The Hall–Kier alpha value is -1.000. The van der Waals surface area contributed by atoms with E-state index in [4.69, 9.17) is 27.6 Å². The van der Waals surface area contributed by atoms with E-state index in [0.717, 1.165) is 9.86 Å². The smallest absolute Gasteiger partial charge is 0.148 e. The van der Waals surface area contributed by atoms with Crippen molar-refractivity contribution in [3.05, 3.63) is 68.3 Å². The van der Waals surface area contributed by atoms with E-state index in [2.05, 4.69) is 15.9 Å². The third kappa shape index (κ3) is 2.35. The molecule has 0 aliphatic heterocycles. The molecule has 0 aliphatic carbocycles. The van der Waals surface area contributed by atoms with E-state index in [-0.39, 0.29) is 0 Å². The van der Waals surface area contributed by atoms with Gasteiger partial charge in [0.2, 0.25) is 0 Å². The molecule has 5 heteroatoms. The lowest BCUT2D eigenvalue weighted by molar-refractivity contribution is 0.192. The van der Waals surface area contributed by atoms with Crippen molar-refractivity contribution < 1.29 is 9.52 Å². The normalized spacial score (nSPS) is 12.8. The second kappa shape index (κ2) is 5.41. The minimum absolute atomic E-state index is 0.334. The molecule has 1 heterocycles. The molecule has 1 unspecified atom stereocenters. The quantitative estimate of drug-likeness (QED) is 0.637. The van der Waals surface area contributed by atoms with E-state index >= 15 is 0 Å². The van der Waals surface area contributed by atoms with Crippen LogP contribution in [0.3, 0.4) is 0 Å². The summed E-state index contributed by atoms with van der Waals surface area (Å²) in [5, 5.41) is 12.1. The number of para-hydroxylation sites is 1. The van der Waals surface area contributed by atoms with E-state index in [1.165, 1.54) is 0 Å². The molecule has 0 radical (unpaired) electrons. The summed E-state index contributed by atoms with van der Waals surface area (Å²) in [6.07, 6.45) is -0.958. The number of hydrogen-bond acceptors (Lipinski definition) is 2. The molecule has 1 atom stereocenters. The summed E-state index contributed by atoms with van der Waals surface area (Å²) in [5.74, 6) is 0.427. The van der Waals surface area contributed by atoms with Gasteiger partial charge in [-0.2, -0.15) is 0 Å². The number of fused-ring (bicyclic) bond motifs is 1. The van der Waals surface area contributed by atoms with Crippen LogP contribution in [0.2, 0.25) is 10.0 Å². The second-order valence-electron chi connectivity index (χ2n) is 4.35. The van der Waals surface area contributed by atoms with E-state index in [1.54, 1.807) is 24.3 Å². The van der Waals surface area contributed by atoms with E-state index in [1.807, 2.05) is 18.2 Å². The summed E-state index contributed by atoms with van der Waals surface area (Å²) in [7, 11) is 0. The van der Waals surface area contributed by atoms with Crippen LogP contribution in [0.4, 0.5) is 0 Å². The van der Waals surface area contributed by atoms with Crippen molar-refractivity contribution in [2.45, 2.75) is 6.10 Å². The second-order valence-corrected chi connectivity index (χ2v) is 5.99. The SMILES string of the molecule is OC(c1cc2cccc(Br)c2o1)c1cccc(Cl)c1Cl. The first kappa shape index (κ1) is 14.0. The van der Waals surface area contributed by atoms with Gasteiger partial charge in [0.25, 0.3) is 0 Å². The molecule has 102 valence electrons. The molecular formula is C15H9BrCl2O2. The predicted molar refractivity (Wildman–Crippen MR) is 84.4 cm³/mol. The topological polar surface area (TPSA) is 33.4 Å². The molecule has 0 aliphatic rings. The fourth-order valence-electron chi connectivity index (χ4n) is 2.07. The highest BCUT2D eigenvalue weighted by molar-refractivity contribution is 9.10. The highest BCUT2D eigenvalue weighted by atomic mass is 79.9. The van der Waals surface area contributed by atoms with Crippen LogP contribution in [0.1, 0.15) is 17.4 Å². The molecule has 3 rings (SSSR count). The van der Waals surface area contributed by atoms with E-state index in [0.29, 0.717) is 27.0 Å². The van der Waals surface area contributed by atoms with Crippen molar-refractivity contribution in [1.82, 2.24) is 0 Å². The lowest BCUT2D eigenvalue weighted by Crippen LogP contribution is -1.99. The lowest BCUT2D eigenvalue weighted by Gasteiger charge is -2.10. The van der Waals surface area contributed by atoms with Gasteiger partial charge in [0.05, 0.1) is 14.5 Å². The molecule has 20 heavy (non-hydrogen) atoms. The number of aliphatic hydroxyl groups excluding tert-OH is 1. The third-order valence-corrected chi connectivity index (χ3v) is 4.52. The zero-order chi connectivity index (χ0) is 14.3. The molecule has 0 saturated carbocycles. The van der Waals surface area contributed by atoms with Crippen LogP contribution >= 0.6 is 39.1 Å². The van der Waals surface area contributed by atoms with Gasteiger partial charge in [-0.25, -0.2) is 0 Å². The number of rotatable bonds is 2. The average Bonchev–Trinajstić information content (AvgIpc) is 2.87. The summed E-state index contributed by atoms with van der Waals surface area (Å²) in [6.45, 7) is 0. The fourth-order valence-corrected chi connectivity index (χ4v) is 2.94. The van der Waals surface area contributed by atoms with Gasteiger partial charge in [-0.05, 0) is 34.1 Å². The summed E-state index contributed by atoms with van der Waals surface area (Å²) in [5.41, 5.74) is 1.22. The van der Waals surface area contributed by atoms with E-state index in [9.17, 15) is 5.11 Å². The Morgan fingerprint density at radius 1 is 1.10 bits per heavy atom. The van der Waals surface area contributed by atoms with E-state index < -0.39 is 6.10 Å². The number of furan rings is 1. The van der Waals surface area contributed by atoms with Crippen molar-refractivity contribution in [3.8, 4) is 0 Å². The summed E-state index contributed by atoms with van der Waals surface area (Å²) >= 11 is 15.5. The van der Waals surface area contributed by atoms with Crippen LogP contribution < -0.4 is 0 Å². The van der Waals surface area contributed by atoms with Gasteiger partial charge in [-0.1, -0.05) is 47.5 Å². The van der Waals surface area contributed by atoms with Crippen LogP contribution in [0.5, 0.6) is 0 Å². The zero-order valence-corrected chi connectivity index (χ0v) is 13.2. The Bertz CT molecular complexity index is 783. The number of benzene rings is 2. The first-order valence-electron chi connectivity index (χ1n) is 5.88. The monoisotopic (exact) mass is 370 g/mol. The average molecular weight is 372 g/mol. The van der Waals surface area contributed by atoms with Crippen molar-refractivity contribution in [2.24, 2.45) is 0 Å². The van der Waals surface area contributed by atoms with Gasteiger partial charge in [-0.15, -0.1) is 0 Å². The van der Waals surface area contributed by atoms with Crippen molar-refractivity contribution >= 4 is 50.1 Å². The third-order valence-electron chi connectivity index (χ3n) is 3.06. The highest BCUT2D eigenvalue weighted by Crippen LogP contribution is 2.36. The molecule has 0 amide bonds. The van der Waals surface area contributed by atoms with Gasteiger partial charge in [0, 0.05) is 10.9 Å². The minimum atomic E-state index is -0.958. The molecule has 0 bridgehead atoms. The largest absolute Gasteiger partial charge is 0.457 e. The van der Waals surface area contributed by atoms with Crippen LogP contribution in [0, 0.1) is 0 Å². The molecule has 3 aromatic rings. The molecule has 2 aromatic carbocycles. The molecule has 2 nitrogen and oxygen atoms in total. The predicted octanol–water partition coefficient (Wildman–Crippen LogP) is 5.58. The molecular weight excluding hydrogens is 363 g/mol. The molecule has 0 fully saturated rings.